The number of nitrogens with one attached hydrogen (secondary N) is 1. The lowest BCUT2D eigenvalue weighted by Gasteiger charge is -2.10. The Morgan fingerprint density at radius 3 is 2.55 bits per heavy atom. The quantitative estimate of drug-likeness (QED) is 0.333. The number of aromatic nitrogens is 1. The summed E-state index contributed by atoms with van der Waals surface area (Å²) < 4.78 is 0. The third kappa shape index (κ3) is 5.45. The van der Waals surface area contributed by atoms with Gasteiger partial charge in [-0.3, -0.25) is 9.78 Å². The highest BCUT2D eigenvalue weighted by atomic mass is 32.2. The number of hydrogen-bond acceptors (Lipinski definition) is 4. The van der Waals surface area contributed by atoms with Crippen molar-refractivity contribution in [1.29, 1.82) is 0 Å². The van der Waals surface area contributed by atoms with Crippen molar-refractivity contribution in [3.63, 3.8) is 0 Å². The molecule has 0 saturated heterocycles. The summed E-state index contributed by atoms with van der Waals surface area (Å²) >= 11 is 1.52. The lowest BCUT2D eigenvalue weighted by Crippen LogP contribution is -2.19. The summed E-state index contributed by atoms with van der Waals surface area (Å²) in [7, 11) is 0. The molecule has 2 aromatic carbocycles. The molecule has 0 spiro atoms. The van der Waals surface area contributed by atoms with Crippen molar-refractivity contribution in [3.05, 3.63) is 70.4 Å². The lowest BCUT2D eigenvalue weighted by molar-refractivity contribution is -0.118. The number of carbonyl (C=O) groups excluding carboxylic acids is 1. The van der Waals surface area contributed by atoms with E-state index >= 15 is 0 Å². The van der Waals surface area contributed by atoms with E-state index in [9.17, 15) is 4.79 Å². The molecule has 0 aliphatic heterocycles. The number of rotatable bonds is 6. The second-order valence-corrected chi connectivity index (χ2v) is 8.66. The zero-order valence-corrected chi connectivity index (χ0v) is 18.4. The minimum Gasteiger partial charge on any atom is -0.272 e. The fourth-order valence-electron chi connectivity index (χ4n) is 3.21. The molecule has 29 heavy (non-hydrogen) atoms. The first kappa shape index (κ1) is 21.1. The molecule has 1 N–H and O–H groups in total. The lowest BCUT2D eigenvalue weighted by atomic mass is 10.0. The largest absolute Gasteiger partial charge is 0.272 e. The van der Waals surface area contributed by atoms with Crippen LogP contribution < -0.4 is 5.43 Å². The highest BCUT2D eigenvalue weighted by molar-refractivity contribution is 8.00. The van der Waals surface area contributed by atoms with Crippen LogP contribution in [0.25, 0.3) is 10.9 Å². The average Bonchev–Trinajstić information content (AvgIpc) is 2.67. The SMILES string of the molecule is Cc1cc(C)c2nc(C)cc(SCC(=O)N/N=C\c3ccc(C(C)C)cc3)c2c1. The van der Waals surface area contributed by atoms with E-state index in [1.54, 1.807) is 6.21 Å². The molecule has 0 aliphatic rings. The van der Waals surface area contributed by atoms with Crippen LogP contribution in [0, 0.1) is 20.8 Å². The molecule has 0 atom stereocenters. The van der Waals surface area contributed by atoms with Gasteiger partial charge in [0.2, 0.25) is 5.91 Å². The van der Waals surface area contributed by atoms with Crippen molar-refractivity contribution in [3.8, 4) is 0 Å². The monoisotopic (exact) mass is 405 g/mol. The van der Waals surface area contributed by atoms with E-state index in [1.165, 1.54) is 22.9 Å². The average molecular weight is 406 g/mol. The molecule has 0 radical (unpaired) electrons. The Kier molecular flexibility index (Phi) is 6.70. The third-order valence-electron chi connectivity index (χ3n) is 4.70. The first-order valence-corrected chi connectivity index (χ1v) is 10.8. The molecule has 3 aromatic rings. The molecule has 1 heterocycles. The normalized spacial score (nSPS) is 11.5. The van der Waals surface area contributed by atoms with Crippen molar-refractivity contribution >= 4 is 34.8 Å². The summed E-state index contributed by atoms with van der Waals surface area (Å²) in [6, 6.07) is 14.5. The maximum atomic E-state index is 12.2. The molecule has 0 aliphatic carbocycles. The summed E-state index contributed by atoms with van der Waals surface area (Å²) in [5, 5.41) is 5.18. The highest BCUT2D eigenvalue weighted by Crippen LogP contribution is 2.30. The molecule has 0 fully saturated rings. The molecule has 1 amide bonds. The van der Waals surface area contributed by atoms with Crippen LogP contribution >= 0.6 is 11.8 Å². The topological polar surface area (TPSA) is 54.4 Å². The van der Waals surface area contributed by atoms with Gasteiger partial charge in [-0.1, -0.05) is 49.7 Å². The van der Waals surface area contributed by atoms with E-state index in [0.29, 0.717) is 11.7 Å². The van der Waals surface area contributed by atoms with Gasteiger partial charge in [-0.25, -0.2) is 5.43 Å². The Morgan fingerprint density at radius 1 is 1.14 bits per heavy atom. The number of thioether (sulfide) groups is 1. The summed E-state index contributed by atoms with van der Waals surface area (Å²) in [6.07, 6.45) is 1.67. The Balaban J connectivity index is 1.63. The predicted molar refractivity (Wildman–Crippen MR) is 123 cm³/mol. The van der Waals surface area contributed by atoms with E-state index in [0.717, 1.165) is 32.6 Å². The highest BCUT2D eigenvalue weighted by Gasteiger charge is 2.10. The Bertz CT molecular complexity index is 1060. The van der Waals surface area contributed by atoms with Gasteiger partial charge < -0.3 is 0 Å². The van der Waals surface area contributed by atoms with E-state index in [2.05, 4.69) is 67.5 Å². The van der Waals surface area contributed by atoms with Crippen molar-refractivity contribution in [2.24, 2.45) is 5.10 Å². The van der Waals surface area contributed by atoms with Gasteiger partial charge in [0.05, 0.1) is 17.5 Å². The molecule has 0 unspecified atom stereocenters. The van der Waals surface area contributed by atoms with Gasteiger partial charge in [0.25, 0.3) is 0 Å². The van der Waals surface area contributed by atoms with Crippen LogP contribution in [0.15, 0.2) is 52.5 Å². The summed E-state index contributed by atoms with van der Waals surface area (Å²) in [6.45, 7) is 10.5. The van der Waals surface area contributed by atoms with Crippen molar-refractivity contribution in [2.75, 3.05) is 5.75 Å². The molecule has 4 nitrogen and oxygen atoms in total. The van der Waals surface area contributed by atoms with Gasteiger partial charge in [0, 0.05) is 16.0 Å². The molecule has 0 bridgehead atoms. The molecule has 5 heteroatoms. The fraction of sp³-hybridized carbons (Fsp3) is 0.292. The zero-order chi connectivity index (χ0) is 21.0. The number of benzene rings is 2. The number of nitrogens with zero attached hydrogens (tertiary/aromatic N) is 2. The van der Waals surface area contributed by atoms with E-state index < -0.39 is 0 Å². The molecule has 0 saturated carbocycles. The minimum atomic E-state index is -0.128. The fourth-order valence-corrected chi connectivity index (χ4v) is 4.13. The smallest absolute Gasteiger partial charge is 0.250 e. The van der Waals surface area contributed by atoms with Crippen LogP contribution in [0.1, 0.15) is 47.7 Å². The first-order chi connectivity index (χ1) is 13.8. The second kappa shape index (κ2) is 9.23. The van der Waals surface area contributed by atoms with Crippen LogP contribution in [0.5, 0.6) is 0 Å². The zero-order valence-electron chi connectivity index (χ0n) is 17.6. The summed E-state index contributed by atoms with van der Waals surface area (Å²) in [5.74, 6) is 0.671. The first-order valence-electron chi connectivity index (χ1n) is 9.76. The van der Waals surface area contributed by atoms with Gasteiger partial charge in [0.1, 0.15) is 0 Å². The predicted octanol–water partition coefficient (Wildman–Crippen LogP) is 5.53. The van der Waals surface area contributed by atoms with Crippen molar-refractivity contribution < 1.29 is 4.79 Å². The van der Waals surface area contributed by atoms with E-state index in [-0.39, 0.29) is 5.91 Å². The van der Waals surface area contributed by atoms with E-state index in [1.807, 2.05) is 25.1 Å². The van der Waals surface area contributed by atoms with Gasteiger partial charge in [0.15, 0.2) is 0 Å². The van der Waals surface area contributed by atoms with Crippen LogP contribution in [-0.4, -0.2) is 22.9 Å². The van der Waals surface area contributed by atoms with Gasteiger partial charge in [-0.05, 0) is 55.5 Å². The Hall–Kier alpha value is -2.66. The van der Waals surface area contributed by atoms with Gasteiger partial charge >= 0.3 is 0 Å². The van der Waals surface area contributed by atoms with Gasteiger partial charge in [-0.15, -0.1) is 11.8 Å². The molecular formula is C24H27N3OS. The number of pyridine rings is 1. The van der Waals surface area contributed by atoms with Crippen LogP contribution in [-0.2, 0) is 4.79 Å². The Morgan fingerprint density at radius 2 is 1.86 bits per heavy atom. The van der Waals surface area contributed by atoms with Crippen LogP contribution in [0.3, 0.4) is 0 Å². The van der Waals surface area contributed by atoms with Crippen molar-refractivity contribution in [1.82, 2.24) is 10.4 Å². The van der Waals surface area contributed by atoms with Crippen LogP contribution in [0.2, 0.25) is 0 Å². The van der Waals surface area contributed by atoms with Gasteiger partial charge in [-0.2, -0.15) is 5.10 Å². The third-order valence-corrected chi connectivity index (χ3v) is 5.76. The minimum absolute atomic E-state index is 0.128. The maximum absolute atomic E-state index is 12.2. The number of carbonyl (C=O) groups is 1. The maximum Gasteiger partial charge on any atom is 0.250 e. The summed E-state index contributed by atoms with van der Waals surface area (Å²) in [5.41, 5.74) is 9.17. The second-order valence-electron chi connectivity index (χ2n) is 7.64. The molecule has 150 valence electrons. The summed E-state index contributed by atoms with van der Waals surface area (Å²) in [4.78, 5) is 18.0. The standard InChI is InChI=1S/C24H27N3OS/c1-15(2)20-8-6-19(7-9-20)13-25-27-23(28)14-29-22-12-18(5)26-24-17(4)10-16(3)11-21(22)24/h6-13,15H,14H2,1-5H3,(H,27,28)/b25-13-. The Labute approximate surface area is 176 Å². The molecular weight excluding hydrogens is 378 g/mol. The number of hydrazone groups is 1. The number of fused-ring (bicyclic) bond motifs is 1. The number of hydrogen-bond donors (Lipinski definition) is 1. The van der Waals surface area contributed by atoms with Crippen molar-refractivity contribution in [2.45, 2.75) is 45.4 Å². The molecule has 1 aromatic heterocycles. The van der Waals surface area contributed by atoms with Crippen LogP contribution in [0.4, 0.5) is 0 Å². The molecule has 3 rings (SSSR count). The number of amides is 1. The van der Waals surface area contributed by atoms with E-state index in [4.69, 9.17) is 0 Å². The number of aryl methyl sites for hydroxylation is 3.